The molecule has 1 amide bonds. The normalized spacial score (nSPS) is 18.4. The van der Waals surface area contributed by atoms with Gasteiger partial charge in [0, 0.05) is 0 Å². The van der Waals surface area contributed by atoms with Gasteiger partial charge in [0.25, 0.3) is 0 Å². The summed E-state index contributed by atoms with van der Waals surface area (Å²) >= 11 is 0. The summed E-state index contributed by atoms with van der Waals surface area (Å²) in [6.07, 6.45) is -2.24. The lowest BCUT2D eigenvalue weighted by atomic mass is 9.77. The molecule has 23 heavy (non-hydrogen) atoms. The molecule has 2 N–H and O–H groups in total. The molecule has 126 valence electrons. The van der Waals surface area contributed by atoms with Crippen molar-refractivity contribution < 1.29 is 27.9 Å². The Kier molecular flexibility index (Phi) is 4.68. The molecule has 1 aromatic rings. The Hall–Kier alpha value is -2.05. The highest BCUT2D eigenvalue weighted by molar-refractivity contribution is 5.91. The van der Waals surface area contributed by atoms with Gasteiger partial charge < -0.3 is 10.4 Å². The van der Waals surface area contributed by atoms with E-state index in [1.54, 1.807) is 0 Å². The van der Waals surface area contributed by atoms with Gasteiger partial charge in [-0.1, -0.05) is 31.0 Å². The van der Waals surface area contributed by atoms with E-state index in [9.17, 15) is 22.8 Å². The molecule has 1 aromatic carbocycles. The van der Waals surface area contributed by atoms with Crippen LogP contribution in [-0.4, -0.2) is 23.0 Å². The van der Waals surface area contributed by atoms with Gasteiger partial charge in [-0.15, -0.1) is 0 Å². The minimum Gasteiger partial charge on any atom is -0.480 e. The van der Waals surface area contributed by atoms with Crippen molar-refractivity contribution in [3.63, 3.8) is 0 Å². The number of halogens is 3. The summed E-state index contributed by atoms with van der Waals surface area (Å²) in [4.78, 5) is 23.5. The Bertz CT molecular complexity index is 607. The van der Waals surface area contributed by atoms with E-state index in [1.807, 2.05) is 0 Å². The zero-order chi connectivity index (χ0) is 17.3. The number of carboxylic acid groups (broad SMARTS) is 1. The standard InChI is InChI=1S/C16H18F3NO3/c1-10(13(21)22)20-14(23)15(7-2-3-8-15)11-5-4-6-12(9-11)16(17,18)19/h4-6,9-10H,2-3,7-8H2,1H3,(H,20,23)(H,21,22)/t10-/m0/s1. The lowest BCUT2D eigenvalue weighted by molar-refractivity contribution is -0.142. The minimum absolute atomic E-state index is 0.292. The summed E-state index contributed by atoms with van der Waals surface area (Å²) in [6.45, 7) is 1.33. The molecule has 0 radical (unpaired) electrons. The van der Waals surface area contributed by atoms with Gasteiger partial charge in [0.2, 0.25) is 5.91 Å². The first-order valence-corrected chi connectivity index (χ1v) is 7.38. The molecule has 1 aliphatic carbocycles. The van der Waals surface area contributed by atoms with Crippen molar-refractivity contribution in [3.8, 4) is 0 Å². The number of nitrogens with one attached hydrogen (secondary N) is 1. The molecule has 0 saturated heterocycles. The fraction of sp³-hybridized carbons (Fsp3) is 0.500. The molecule has 0 unspecified atom stereocenters. The number of carbonyl (C=O) groups is 2. The summed E-state index contributed by atoms with van der Waals surface area (Å²) in [5, 5.41) is 11.3. The average Bonchev–Trinajstić information content (AvgIpc) is 2.97. The number of benzene rings is 1. The predicted octanol–water partition coefficient (Wildman–Crippen LogP) is 3.11. The van der Waals surface area contributed by atoms with Gasteiger partial charge >= 0.3 is 12.1 Å². The predicted molar refractivity (Wildman–Crippen MR) is 76.8 cm³/mol. The second-order valence-corrected chi connectivity index (χ2v) is 5.90. The zero-order valence-electron chi connectivity index (χ0n) is 12.6. The highest BCUT2D eigenvalue weighted by Crippen LogP contribution is 2.43. The largest absolute Gasteiger partial charge is 0.480 e. The fourth-order valence-electron chi connectivity index (χ4n) is 3.02. The Labute approximate surface area is 131 Å². The van der Waals surface area contributed by atoms with Crippen LogP contribution in [0.1, 0.15) is 43.7 Å². The van der Waals surface area contributed by atoms with Crippen LogP contribution in [0.15, 0.2) is 24.3 Å². The van der Waals surface area contributed by atoms with Gasteiger partial charge in [-0.25, -0.2) is 0 Å². The van der Waals surface area contributed by atoms with Crippen molar-refractivity contribution >= 4 is 11.9 Å². The van der Waals surface area contributed by atoms with Crippen molar-refractivity contribution in [3.05, 3.63) is 35.4 Å². The molecule has 0 aliphatic heterocycles. The summed E-state index contributed by atoms with van der Waals surface area (Å²) in [5.74, 6) is -1.71. The van der Waals surface area contributed by atoms with Crippen LogP contribution in [0, 0.1) is 0 Å². The van der Waals surface area contributed by atoms with Crippen LogP contribution in [0.5, 0.6) is 0 Å². The Morgan fingerprint density at radius 2 is 1.87 bits per heavy atom. The van der Waals surface area contributed by atoms with Crippen LogP contribution in [0.25, 0.3) is 0 Å². The first-order chi connectivity index (χ1) is 10.7. The second kappa shape index (κ2) is 6.22. The van der Waals surface area contributed by atoms with Crippen LogP contribution >= 0.6 is 0 Å². The second-order valence-electron chi connectivity index (χ2n) is 5.90. The monoisotopic (exact) mass is 329 g/mol. The van der Waals surface area contributed by atoms with Crippen LogP contribution in [0.4, 0.5) is 13.2 Å². The molecule has 4 nitrogen and oxygen atoms in total. The Balaban J connectivity index is 2.38. The summed E-state index contributed by atoms with van der Waals surface area (Å²) in [7, 11) is 0. The van der Waals surface area contributed by atoms with E-state index in [-0.39, 0.29) is 0 Å². The first-order valence-electron chi connectivity index (χ1n) is 7.38. The Morgan fingerprint density at radius 3 is 2.39 bits per heavy atom. The molecule has 7 heteroatoms. The molecule has 1 saturated carbocycles. The summed E-state index contributed by atoms with van der Waals surface area (Å²) in [5.41, 5.74) is -1.61. The maximum Gasteiger partial charge on any atom is 0.416 e. The van der Waals surface area contributed by atoms with Crippen LogP contribution in [0.3, 0.4) is 0 Å². The van der Waals surface area contributed by atoms with Crippen molar-refractivity contribution in [2.75, 3.05) is 0 Å². The number of aliphatic carboxylic acids is 1. The average molecular weight is 329 g/mol. The van der Waals surface area contributed by atoms with E-state index in [0.717, 1.165) is 12.1 Å². The van der Waals surface area contributed by atoms with Gasteiger partial charge in [0.15, 0.2) is 0 Å². The van der Waals surface area contributed by atoms with Gasteiger partial charge in [0.05, 0.1) is 11.0 Å². The molecule has 1 atom stereocenters. The number of hydrogen-bond donors (Lipinski definition) is 2. The van der Waals surface area contributed by atoms with E-state index in [2.05, 4.69) is 5.32 Å². The maximum absolute atomic E-state index is 12.9. The van der Waals surface area contributed by atoms with E-state index in [1.165, 1.54) is 19.1 Å². The van der Waals surface area contributed by atoms with Crippen LogP contribution in [0.2, 0.25) is 0 Å². The first kappa shape index (κ1) is 17.3. The number of carboxylic acids is 1. The molecule has 2 rings (SSSR count). The van der Waals surface area contributed by atoms with Crippen molar-refractivity contribution in [1.29, 1.82) is 0 Å². The zero-order valence-corrected chi connectivity index (χ0v) is 12.6. The highest BCUT2D eigenvalue weighted by atomic mass is 19.4. The van der Waals surface area contributed by atoms with Crippen molar-refractivity contribution in [2.45, 2.75) is 50.2 Å². The lowest BCUT2D eigenvalue weighted by Crippen LogP contribution is -2.48. The van der Waals surface area contributed by atoms with Gasteiger partial charge in [-0.3, -0.25) is 9.59 Å². The van der Waals surface area contributed by atoms with Gasteiger partial charge in [-0.05, 0) is 31.4 Å². The van der Waals surface area contributed by atoms with E-state index >= 15 is 0 Å². The molecule has 1 fully saturated rings. The Morgan fingerprint density at radius 1 is 1.26 bits per heavy atom. The topological polar surface area (TPSA) is 66.4 Å². The maximum atomic E-state index is 12.9. The van der Waals surface area contributed by atoms with Gasteiger partial charge in [0.1, 0.15) is 6.04 Å². The van der Waals surface area contributed by atoms with E-state index in [4.69, 9.17) is 5.11 Å². The van der Waals surface area contributed by atoms with E-state index < -0.39 is 35.1 Å². The highest BCUT2D eigenvalue weighted by Gasteiger charge is 2.44. The van der Waals surface area contributed by atoms with Crippen LogP contribution < -0.4 is 5.32 Å². The number of hydrogen-bond acceptors (Lipinski definition) is 2. The molecule has 1 aliphatic rings. The van der Waals surface area contributed by atoms with Crippen LogP contribution in [-0.2, 0) is 21.2 Å². The van der Waals surface area contributed by atoms with E-state index in [0.29, 0.717) is 31.2 Å². The summed E-state index contributed by atoms with van der Waals surface area (Å²) in [6, 6.07) is 3.66. The number of rotatable bonds is 4. The lowest BCUT2D eigenvalue weighted by Gasteiger charge is -2.30. The molecular weight excluding hydrogens is 311 g/mol. The molecule has 0 spiro atoms. The number of carbonyl (C=O) groups excluding carboxylic acids is 1. The molecule has 0 heterocycles. The SMILES string of the molecule is C[C@H](NC(=O)C1(c2cccc(C(F)(F)F)c2)CCCC1)C(=O)O. The smallest absolute Gasteiger partial charge is 0.416 e. The van der Waals surface area contributed by atoms with Crippen molar-refractivity contribution in [1.82, 2.24) is 5.32 Å². The summed E-state index contributed by atoms with van der Waals surface area (Å²) < 4.78 is 38.8. The molecule has 0 bridgehead atoms. The third-order valence-electron chi connectivity index (χ3n) is 4.35. The number of alkyl halides is 3. The minimum atomic E-state index is -4.49. The molecule has 0 aromatic heterocycles. The third kappa shape index (κ3) is 3.48. The van der Waals surface area contributed by atoms with Crippen molar-refractivity contribution in [2.24, 2.45) is 0 Å². The number of amides is 1. The quantitative estimate of drug-likeness (QED) is 0.892. The van der Waals surface area contributed by atoms with Gasteiger partial charge in [-0.2, -0.15) is 13.2 Å². The molecular formula is C16H18F3NO3. The third-order valence-corrected chi connectivity index (χ3v) is 4.35. The fourth-order valence-corrected chi connectivity index (χ4v) is 3.02.